The van der Waals surface area contributed by atoms with Crippen molar-refractivity contribution < 1.29 is 9.59 Å². The Kier molecular flexibility index (Phi) is 5.63. The molecular weight excluding hydrogens is 385 g/mol. The van der Waals surface area contributed by atoms with Gasteiger partial charge in [-0.1, -0.05) is 47.5 Å². The van der Waals surface area contributed by atoms with Crippen molar-refractivity contribution in [3.63, 3.8) is 0 Å². The molecule has 1 heterocycles. The quantitative estimate of drug-likeness (QED) is 0.696. The van der Waals surface area contributed by atoms with Gasteiger partial charge in [-0.2, -0.15) is 0 Å². The number of hydrogen-bond acceptors (Lipinski definition) is 3. The van der Waals surface area contributed by atoms with Gasteiger partial charge in [0.05, 0.1) is 33.4 Å². The standard InChI is InChI=1S/C20H17Cl2N3O2/c1-12-10-14(13-6-3-4-9-17(13)23-12)20(27)25(2)11-18(26)24-19-15(21)7-5-8-16(19)22/h3-10H,11H2,1-2H3,(H,24,26). The maximum atomic E-state index is 12.9. The zero-order valence-corrected chi connectivity index (χ0v) is 16.3. The van der Waals surface area contributed by atoms with Gasteiger partial charge in [0.15, 0.2) is 0 Å². The molecule has 0 fully saturated rings. The number of nitrogens with zero attached hydrogens (tertiary/aromatic N) is 2. The summed E-state index contributed by atoms with van der Waals surface area (Å²) < 4.78 is 0. The summed E-state index contributed by atoms with van der Waals surface area (Å²) in [5.74, 6) is -0.659. The molecule has 2 aromatic carbocycles. The molecule has 1 aromatic heterocycles. The maximum Gasteiger partial charge on any atom is 0.254 e. The summed E-state index contributed by atoms with van der Waals surface area (Å²) in [6.07, 6.45) is 0. The van der Waals surface area contributed by atoms with Crippen LogP contribution in [0.25, 0.3) is 10.9 Å². The first-order valence-corrected chi connectivity index (χ1v) is 8.98. The van der Waals surface area contributed by atoms with Crippen LogP contribution in [0.2, 0.25) is 10.0 Å². The summed E-state index contributed by atoms with van der Waals surface area (Å²) in [7, 11) is 1.57. The van der Waals surface area contributed by atoms with Crippen molar-refractivity contribution in [2.45, 2.75) is 6.92 Å². The number of likely N-dealkylation sites (N-methyl/N-ethyl adjacent to an activating group) is 1. The molecular formula is C20H17Cl2N3O2. The highest BCUT2D eigenvalue weighted by Gasteiger charge is 2.19. The van der Waals surface area contributed by atoms with Crippen LogP contribution in [0.1, 0.15) is 16.1 Å². The third-order valence-corrected chi connectivity index (χ3v) is 4.66. The number of rotatable bonds is 4. The highest BCUT2D eigenvalue weighted by atomic mass is 35.5. The van der Waals surface area contributed by atoms with Gasteiger partial charge in [-0.3, -0.25) is 14.6 Å². The van der Waals surface area contributed by atoms with Gasteiger partial charge in [-0.05, 0) is 31.2 Å². The number of aromatic nitrogens is 1. The highest BCUT2D eigenvalue weighted by Crippen LogP contribution is 2.29. The number of halogens is 2. The molecule has 0 radical (unpaired) electrons. The number of aryl methyl sites for hydroxylation is 1. The first kappa shape index (κ1) is 19.1. The Bertz CT molecular complexity index is 1020. The lowest BCUT2D eigenvalue weighted by molar-refractivity contribution is -0.116. The second-order valence-electron chi connectivity index (χ2n) is 6.13. The Balaban J connectivity index is 1.79. The molecule has 0 bridgehead atoms. The fourth-order valence-corrected chi connectivity index (χ4v) is 3.27. The van der Waals surface area contributed by atoms with Crippen molar-refractivity contribution in [1.29, 1.82) is 0 Å². The van der Waals surface area contributed by atoms with Gasteiger partial charge in [0.25, 0.3) is 5.91 Å². The number of carbonyl (C=O) groups excluding carboxylic acids is 2. The lowest BCUT2D eigenvalue weighted by Crippen LogP contribution is -2.35. The number of anilines is 1. The zero-order valence-electron chi connectivity index (χ0n) is 14.8. The summed E-state index contributed by atoms with van der Waals surface area (Å²) in [4.78, 5) is 31.0. The summed E-state index contributed by atoms with van der Waals surface area (Å²) >= 11 is 12.1. The van der Waals surface area contributed by atoms with Crippen LogP contribution >= 0.6 is 23.2 Å². The molecule has 0 aliphatic carbocycles. The summed E-state index contributed by atoms with van der Waals surface area (Å²) in [6.45, 7) is 1.69. The van der Waals surface area contributed by atoms with E-state index >= 15 is 0 Å². The first-order valence-electron chi connectivity index (χ1n) is 8.22. The molecule has 138 valence electrons. The Labute approximate surface area is 166 Å². The van der Waals surface area contributed by atoms with Gasteiger partial charge in [0, 0.05) is 18.1 Å². The van der Waals surface area contributed by atoms with Gasteiger partial charge in [0.1, 0.15) is 0 Å². The highest BCUT2D eigenvalue weighted by molar-refractivity contribution is 6.39. The lowest BCUT2D eigenvalue weighted by atomic mass is 10.1. The van der Waals surface area contributed by atoms with Gasteiger partial charge in [0.2, 0.25) is 5.91 Å². The van der Waals surface area contributed by atoms with Crippen LogP contribution in [-0.2, 0) is 4.79 Å². The number of benzene rings is 2. The van der Waals surface area contributed by atoms with Gasteiger partial charge in [-0.25, -0.2) is 0 Å². The largest absolute Gasteiger partial charge is 0.332 e. The second-order valence-corrected chi connectivity index (χ2v) is 6.95. The molecule has 0 aliphatic heterocycles. The smallest absolute Gasteiger partial charge is 0.254 e. The van der Waals surface area contributed by atoms with E-state index in [1.165, 1.54) is 4.90 Å². The van der Waals surface area contributed by atoms with Crippen LogP contribution in [-0.4, -0.2) is 35.3 Å². The van der Waals surface area contributed by atoms with E-state index in [-0.39, 0.29) is 12.5 Å². The van der Waals surface area contributed by atoms with Crippen LogP contribution in [0, 0.1) is 6.92 Å². The van der Waals surface area contributed by atoms with Crippen LogP contribution in [0.15, 0.2) is 48.5 Å². The monoisotopic (exact) mass is 401 g/mol. The van der Waals surface area contributed by atoms with Gasteiger partial charge >= 0.3 is 0 Å². The van der Waals surface area contributed by atoms with E-state index < -0.39 is 5.91 Å². The SMILES string of the molecule is Cc1cc(C(=O)N(C)CC(=O)Nc2c(Cl)cccc2Cl)c2ccccc2n1. The van der Waals surface area contributed by atoms with E-state index in [4.69, 9.17) is 23.2 Å². The number of amides is 2. The molecule has 5 nitrogen and oxygen atoms in total. The summed E-state index contributed by atoms with van der Waals surface area (Å²) in [5, 5.41) is 4.07. The number of carbonyl (C=O) groups is 2. The normalized spacial score (nSPS) is 10.7. The van der Waals surface area contributed by atoms with Gasteiger partial charge in [-0.15, -0.1) is 0 Å². The van der Waals surface area contributed by atoms with Crippen molar-refractivity contribution >= 4 is 51.6 Å². The minimum atomic E-state index is -0.393. The number of para-hydroxylation sites is 2. The maximum absolute atomic E-state index is 12.9. The summed E-state index contributed by atoms with van der Waals surface area (Å²) in [6, 6.07) is 14.1. The van der Waals surface area contributed by atoms with Crippen molar-refractivity contribution in [2.24, 2.45) is 0 Å². The molecule has 0 aliphatic rings. The lowest BCUT2D eigenvalue weighted by Gasteiger charge is -2.18. The van der Waals surface area contributed by atoms with E-state index in [0.29, 0.717) is 21.3 Å². The van der Waals surface area contributed by atoms with Crippen molar-refractivity contribution in [1.82, 2.24) is 9.88 Å². The third kappa shape index (κ3) is 4.21. The minimum Gasteiger partial charge on any atom is -0.332 e. The van der Waals surface area contributed by atoms with Crippen molar-refractivity contribution in [3.05, 3.63) is 69.8 Å². The topological polar surface area (TPSA) is 62.3 Å². The predicted molar refractivity (Wildman–Crippen MR) is 109 cm³/mol. The number of fused-ring (bicyclic) bond motifs is 1. The predicted octanol–water partition coefficient (Wildman–Crippen LogP) is 4.56. The molecule has 27 heavy (non-hydrogen) atoms. The van der Waals surface area contributed by atoms with Gasteiger partial charge < -0.3 is 10.2 Å². The minimum absolute atomic E-state index is 0.143. The first-order chi connectivity index (χ1) is 12.9. The van der Waals surface area contributed by atoms with E-state index in [0.717, 1.165) is 16.6 Å². The molecule has 2 amide bonds. The Morgan fingerprint density at radius 3 is 2.44 bits per heavy atom. The molecule has 7 heteroatoms. The number of nitrogens with one attached hydrogen (secondary N) is 1. The molecule has 0 unspecified atom stereocenters. The Morgan fingerprint density at radius 1 is 1.07 bits per heavy atom. The van der Waals surface area contributed by atoms with Crippen molar-refractivity contribution in [3.8, 4) is 0 Å². The molecule has 0 saturated carbocycles. The van der Waals surface area contributed by atoms with Crippen molar-refractivity contribution in [2.75, 3.05) is 18.9 Å². The molecule has 3 aromatic rings. The number of pyridine rings is 1. The average molecular weight is 402 g/mol. The van der Waals surface area contributed by atoms with E-state index in [9.17, 15) is 9.59 Å². The molecule has 0 atom stereocenters. The zero-order chi connectivity index (χ0) is 19.6. The van der Waals surface area contributed by atoms with E-state index in [1.807, 2.05) is 31.2 Å². The molecule has 0 spiro atoms. The van der Waals surface area contributed by atoms with E-state index in [2.05, 4.69) is 10.3 Å². The third-order valence-electron chi connectivity index (χ3n) is 4.03. The summed E-state index contributed by atoms with van der Waals surface area (Å²) in [5.41, 5.74) is 2.31. The number of hydrogen-bond donors (Lipinski definition) is 1. The van der Waals surface area contributed by atoms with Crippen LogP contribution in [0.5, 0.6) is 0 Å². The average Bonchev–Trinajstić information content (AvgIpc) is 2.63. The Hall–Kier alpha value is -2.63. The molecule has 1 N–H and O–H groups in total. The Morgan fingerprint density at radius 2 is 1.74 bits per heavy atom. The van der Waals surface area contributed by atoms with Crippen LogP contribution in [0.4, 0.5) is 5.69 Å². The second kappa shape index (κ2) is 7.94. The van der Waals surface area contributed by atoms with E-state index in [1.54, 1.807) is 31.3 Å². The van der Waals surface area contributed by atoms with Crippen LogP contribution < -0.4 is 5.32 Å². The fraction of sp³-hybridized carbons (Fsp3) is 0.150. The molecule has 0 saturated heterocycles. The fourth-order valence-electron chi connectivity index (χ4n) is 2.77. The molecule has 3 rings (SSSR count). The van der Waals surface area contributed by atoms with Crippen LogP contribution in [0.3, 0.4) is 0 Å².